The number of carbonyl (C=O) groups is 2. The lowest BCUT2D eigenvalue weighted by Gasteiger charge is -2.18. The van der Waals surface area contributed by atoms with Crippen LogP contribution >= 0.6 is 23.1 Å². The van der Waals surface area contributed by atoms with Crippen molar-refractivity contribution in [2.75, 3.05) is 18.1 Å². The van der Waals surface area contributed by atoms with E-state index in [4.69, 9.17) is 5.73 Å². The van der Waals surface area contributed by atoms with E-state index >= 15 is 0 Å². The summed E-state index contributed by atoms with van der Waals surface area (Å²) in [6.45, 7) is 0.418. The third-order valence-electron chi connectivity index (χ3n) is 3.56. The van der Waals surface area contributed by atoms with Crippen LogP contribution in [-0.4, -0.2) is 34.6 Å². The average Bonchev–Trinajstić information content (AvgIpc) is 3.03. The first kappa shape index (κ1) is 18.2. The standard InChI is InChI=1S/C18H18N4O2S2/c1-22(10-17-20-13-7-3-5-9-15(13)26-17)18(24)21-12-6-2-4-8-14(12)25-11-16(19)23/h2-9H,10-11H2,1H3,(H2,19,23)(H,21,24). The Kier molecular flexibility index (Phi) is 5.75. The summed E-state index contributed by atoms with van der Waals surface area (Å²) in [5.74, 6) is -0.238. The van der Waals surface area contributed by atoms with E-state index in [0.717, 1.165) is 20.1 Å². The smallest absolute Gasteiger partial charge is 0.321 e. The Bertz CT molecular complexity index is 909. The molecule has 0 fully saturated rings. The van der Waals surface area contributed by atoms with E-state index < -0.39 is 5.91 Å². The van der Waals surface area contributed by atoms with Crippen LogP contribution in [0.15, 0.2) is 53.4 Å². The molecule has 1 aromatic heterocycles. The van der Waals surface area contributed by atoms with E-state index in [0.29, 0.717) is 12.2 Å². The van der Waals surface area contributed by atoms with Gasteiger partial charge in [-0.1, -0.05) is 24.3 Å². The van der Waals surface area contributed by atoms with Gasteiger partial charge in [0.2, 0.25) is 5.91 Å². The van der Waals surface area contributed by atoms with Crippen molar-refractivity contribution < 1.29 is 9.59 Å². The maximum Gasteiger partial charge on any atom is 0.321 e. The molecule has 0 saturated heterocycles. The van der Waals surface area contributed by atoms with Gasteiger partial charge in [0, 0.05) is 11.9 Å². The molecule has 26 heavy (non-hydrogen) atoms. The van der Waals surface area contributed by atoms with E-state index in [2.05, 4.69) is 10.3 Å². The van der Waals surface area contributed by atoms with Gasteiger partial charge >= 0.3 is 6.03 Å². The molecule has 0 unspecified atom stereocenters. The lowest BCUT2D eigenvalue weighted by atomic mass is 10.3. The molecular formula is C18H18N4O2S2. The SMILES string of the molecule is CN(Cc1nc2ccccc2s1)C(=O)Nc1ccccc1SCC(N)=O. The number of fused-ring (bicyclic) bond motifs is 1. The van der Waals surface area contributed by atoms with Crippen molar-refractivity contribution in [1.29, 1.82) is 0 Å². The number of primary amides is 1. The number of nitrogens with one attached hydrogen (secondary N) is 1. The molecule has 0 radical (unpaired) electrons. The number of amides is 3. The number of nitrogens with two attached hydrogens (primary N) is 1. The van der Waals surface area contributed by atoms with Crippen molar-refractivity contribution in [3.05, 3.63) is 53.5 Å². The van der Waals surface area contributed by atoms with Gasteiger partial charge in [-0.25, -0.2) is 9.78 Å². The van der Waals surface area contributed by atoms with Gasteiger partial charge < -0.3 is 16.0 Å². The Morgan fingerprint density at radius 3 is 2.69 bits per heavy atom. The zero-order chi connectivity index (χ0) is 18.5. The monoisotopic (exact) mass is 386 g/mol. The number of rotatable bonds is 6. The van der Waals surface area contributed by atoms with Crippen LogP contribution in [0, 0.1) is 0 Å². The number of aromatic nitrogens is 1. The summed E-state index contributed by atoms with van der Waals surface area (Å²) in [6.07, 6.45) is 0. The van der Waals surface area contributed by atoms with Crippen LogP contribution in [0.4, 0.5) is 10.5 Å². The number of thioether (sulfide) groups is 1. The minimum absolute atomic E-state index is 0.161. The second-order valence-corrected chi connectivity index (χ2v) is 7.75. The van der Waals surface area contributed by atoms with E-state index in [-0.39, 0.29) is 11.8 Å². The second-order valence-electron chi connectivity index (χ2n) is 5.61. The van der Waals surface area contributed by atoms with Crippen LogP contribution in [0.2, 0.25) is 0 Å². The third-order valence-corrected chi connectivity index (χ3v) is 5.67. The number of benzene rings is 2. The molecule has 0 aliphatic carbocycles. The number of anilines is 1. The van der Waals surface area contributed by atoms with Crippen LogP contribution < -0.4 is 11.1 Å². The number of hydrogen-bond acceptors (Lipinski definition) is 5. The molecule has 1 heterocycles. The van der Waals surface area contributed by atoms with Gasteiger partial charge in [-0.05, 0) is 24.3 Å². The number of hydrogen-bond donors (Lipinski definition) is 2. The highest BCUT2D eigenvalue weighted by Crippen LogP contribution is 2.27. The molecule has 0 spiro atoms. The lowest BCUT2D eigenvalue weighted by molar-refractivity contribution is -0.115. The Hall–Kier alpha value is -2.58. The fourth-order valence-electron chi connectivity index (χ4n) is 2.32. The topological polar surface area (TPSA) is 88.3 Å². The highest BCUT2D eigenvalue weighted by molar-refractivity contribution is 8.00. The first-order valence-corrected chi connectivity index (χ1v) is 9.70. The zero-order valence-electron chi connectivity index (χ0n) is 14.1. The molecule has 6 nitrogen and oxygen atoms in total. The van der Waals surface area contributed by atoms with Crippen molar-refractivity contribution in [2.45, 2.75) is 11.4 Å². The van der Waals surface area contributed by atoms with Crippen LogP contribution in [0.1, 0.15) is 5.01 Å². The van der Waals surface area contributed by atoms with Crippen LogP contribution in [0.5, 0.6) is 0 Å². The minimum Gasteiger partial charge on any atom is -0.369 e. The number of nitrogens with zero attached hydrogens (tertiary/aromatic N) is 2. The molecule has 0 aliphatic heterocycles. The Labute approximate surface area is 159 Å². The summed E-state index contributed by atoms with van der Waals surface area (Å²) < 4.78 is 1.10. The van der Waals surface area contributed by atoms with Gasteiger partial charge in [0.15, 0.2) is 0 Å². The zero-order valence-corrected chi connectivity index (χ0v) is 15.8. The predicted octanol–water partition coefficient (Wildman–Crippen LogP) is 3.54. The molecule has 2 aromatic carbocycles. The van der Waals surface area contributed by atoms with E-state index in [1.165, 1.54) is 11.8 Å². The van der Waals surface area contributed by atoms with Crippen molar-refractivity contribution in [2.24, 2.45) is 5.73 Å². The van der Waals surface area contributed by atoms with Crippen LogP contribution in [-0.2, 0) is 11.3 Å². The maximum atomic E-state index is 12.5. The van der Waals surface area contributed by atoms with E-state index in [1.807, 2.05) is 42.5 Å². The molecule has 3 aromatic rings. The third kappa shape index (κ3) is 4.53. The highest BCUT2D eigenvalue weighted by Gasteiger charge is 2.14. The minimum atomic E-state index is -0.399. The molecule has 0 atom stereocenters. The van der Waals surface area contributed by atoms with E-state index in [1.54, 1.807) is 29.4 Å². The summed E-state index contributed by atoms with van der Waals surface area (Å²) in [5.41, 5.74) is 6.79. The van der Waals surface area contributed by atoms with Gasteiger partial charge in [0.05, 0.1) is 28.2 Å². The van der Waals surface area contributed by atoms with Gasteiger partial charge in [-0.3, -0.25) is 4.79 Å². The molecule has 0 aliphatic rings. The molecular weight excluding hydrogens is 368 g/mol. The molecule has 134 valence electrons. The Balaban J connectivity index is 1.66. The average molecular weight is 387 g/mol. The number of thiazole rings is 1. The predicted molar refractivity (Wildman–Crippen MR) is 106 cm³/mol. The Morgan fingerprint density at radius 1 is 1.19 bits per heavy atom. The maximum absolute atomic E-state index is 12.5. The molecule has 0 saturated carbocycles. The van der Waals surface area contributed by atoms with Crippen molar-refractivity contribution in [3.8, 4) is 0 Å². The van der Waals surface area contributed by atoms with Crippen LogP contribution in [0.3, 0.4) is 0 Å². The van der Waals surface area contributed by atoms with Gasteiger partial charge in [-0.2, -0.15) is 0 Å². The summed E-state index contributed by atoms with van der Waals surface area (Å²) in [4.78, 5) is 30.4. The molecule has 3 amide bonds. The number of urea groups is 1. The normalized spacial score (nSPS) is 10.7. The first-order chi connectivity index (χ1) is 12.5. The number of para-hydroxylation sites is 2. The van der Waals surface area contributed by atoms with Gasteiger partial charge in [0.25, 0.3) is 0 Å². The lowest BCUT2D eigenvalue weighted by Crippen LogP contribution is -2.31. The Morgan fingerprint density at radius 2 is 1.92 bits per heavy atom. The van der Waals surface area contributed by atoms with Gasteiger partial charge in [-0.15, -0.1) is 23.1 Å². The summed E-state index contributed by atoms with van der Waals surface area (Å²) in [7, 11) is 1.72. The molecule has 3 rings (SSSR count). The van der Waals surface area contributed by atoms with Crippen LogP contribution in [0.25, 0.3) is 10.2 Å². The molecule has 3 N–H and O–H groups in total. The fraction of sp³-hybridized carbons (Fsp3) is 0.167. The molecule has 8 heteroatoms. The quantitative estimate of drug-likeness (QED) is 0.634. The fourth-order valence-corrected chi connectivity index (χ4v) is 4.09. The van der Waals surface area contributed by atoms with Crippen molar-refractivity contribution >= 4 is 50.9 Å². The summed E-state index contributed by atoms with van der Waals surface area (Å²) in [6, 6.07) is 15.0. The summed E-state index contributed by atoms with van der Waals surface area (Å²) >= 11 is 2.87. The largest absolute Gasteiger partial charge is 0.369 e. The summed E-state index contributed by atoms with van der Waals surface area (Å²) in [5, 5.41) is 3.75. The van der Waals surface area contributed by atoms with Crippen molar-refractivity contribution in [1.82, 2.24) is 9.88 Å². The second kappa shape index (κ2) is 8.20. The van der Waals surface area contributed by atoms with Crippen molar-refractivity contribution in [3.63, 3.8) is 0 Å². The molecule has 0 bridgehead atoms. The van der Waals surface area contributed by atoms with E-state index in [9.17, 15) is 9.59 Å². The van der Waals surface area contributed by atoms with Gasteiger partial charge in [0.1, 0.15) is 5.01 Å². The first-order valence-electron chi connectivity index (χ1n) is 7.89. The number of carbonyl (C=O) groups excluding carboxylic acids is 2. The highest BCUT2D eigenvalue weighted by atomic mass is 32.2.